The standard InChI is InChI=1S/C46H84NO8P/c1-6-8-10-12-14-16-18-20-22-23-25-26-28-30-32-34-36-38-45(48)52-42-44(43-54-56(50,51)53-41-40-47(3,4)5)55-46(49)39-37-35-33-31-29-27-24-21-19-17-15-13-11-9-7-2/h8,10,14,16,20,22,25-26,44H,6-7,9,11-13,15,17-19,21,23-24,27-43H2,1-5H3/b10-8-,16-14-,22-20-,26-25-/t44-/m1/s1. The maximum atomic E-state index is 12.7. The first-order chi connectivity index (χ1) is 27.0. The third-order valence-corrected chi connectivity index (χ3v) is 10.3. The Morgan fingerprint density at radius 1 is 0.571 bits per heavy atom. The number of hydrogen-bond donors (Lipinski definition) is 0. The maximum Gasteiger partial charge on any atom is 0.306 e. The molecule has 1 unspecified atom stereocenters. The van der Waals surface area contributed by atoms with Gasteiger partial charge < -0.3 is 27.9 Å². The van der Waals surface area contributed by atoms with Crippen LogP contribution in [0.5, 0.6) is 0 Å². The summed E-state index contributed by atoms with van der Waals surface area (Å²) in [5.41, 5.74) is 0. The highest BCUT2D eigenvalue weighted by Gasteiger charge is 2.21. The van der Waals surface area contributed by atoms with E-state index < -0.39 is 32.5 Å². The molecule has 0 fully saturated rings. The van der Waals surface area contributed by atoms with Crippen molar-refractivity contribution in [1.82, 2.24) is 0 Å². The van der Waals surface area contributed by atoms with Crippen molar-refractivity contribution < 1.29 is 42.1 Å². The van der Waals surface area contributed by atoms with Crippen molar-refractivity contribution >= 4 is 19.8 Å². The first-order valence-electron chi connectivity index (χ1n) is 22.3. The van der Waals surface area contributed by atoms with Gasteiger partial charge in [-0.2, -0.15) is 0 Å². The predicted octanol–water partition coefficient (Wildman–Crippen LogP) is 12.1. The molecule has 0 saturated heterocycles. The van der Waals surface area contributed by atoms with E-state index in [0.717, 1.165) is 70.6 Å². The lowest BCUT2D eigenvalue weighted by molar-refractivity contribution is -0.870. The SMILES string of the molecule is CC/C=C\C/C=C\C/C=C\C/C=C\CCCCCCC(=O)OC[C@H](COP(=O)([O-])OCC[N+](C)(C)C)OC(=O)CCCCCCCCCCCCCCCCC. The molecule has 0 radical (unpaired) electrons. The number of phosphoric ester groups is 1. The molecular weight excluding hydrogens is 725 g/mol. The van der Waals surface area contributed by atoms with Crippen LogP contribution < -0.4 is 4.89 Å². The summed E-state index contributed by atoms with van der Waals surface area (Å²) in [6, 6.07) is 0. The van der Waals surface area contributed by atoms with Crippen LogP contribution in [0.4, 0.5) is 0 Å². The predicted molar refractivity (Wildman–Crippen MR) is 231 cm³/mol. The largest absolute Gasteiger partial charge is 0.756 e. The molecule has 0 amide bonds. The smallest absolute Gasteiger partial charge is 0.306 e. The summed E-state index contributed by atoms with van der Waals surface area (Å²) in [5.74, 6) is -0.860. The van der Waals surface area contributed by atoms with E-state index in [2.05, 4.69) is 62.5 Å². The van der Waals surface area contributed by atoms with Gasteiger partial charge in [-0.25, -0.2) is 0 Å². The number of ether oxygens (including phenoxy) is 2. The van der Waals surface area contributed by atoms with Crippen LogP contribution in [0.1, 0.15) is 181 Å². The van der Waals surface area contributed by atoms with Gasteiger partial charge in [0.25, 0.3) is 7.82 Å². The van der Waals surface area contributed by atoms with Gasteiger partial charge in [-0.05, 0) is 51.4 Å². The van der Waals surface area contributed by atoms with Crippen LogP contribution >= 0.6 is 7.82 Å². The molecule has 0 aromatic carbocycles. The van der Waals surface area contributed by atoms with Gasteiger partial charge in [0.1, 0.15) is 19.8 Å². The number of carbonyl (C=O) groups is 2. The van der Waals surface area contributed by atoms with Crippen molar-refractivity contribution in [3.8, 4) is 0 Å². The van der Waals surface area contributed by atoms with Gasteiger partial charge >= 0.3 is 11.9 Å². The lowest BCUT2D eigenvalue weighted by Crippen LogP contribution is -2.37. The van der Waals surface area contributed by atoms with Crippen molar-refractivity contribution in [3.05, 3.63) is 48.6 Å². The zero-order valence-corrected chi connectivity index (χ0v) is 37.5. The summed E-state index contributed by atoms with van der Waals surface area (Å²) in [5, 5.41) is 0. The molecule has 0 bridgehead atoms. The van der Waals surface area contributed by atoms with Crippen LogP contribution in [0, 0.1) is 0 Å². The van der Waals surface area contributed by atoms with E-state index in [1.807, 2.05) is 21.1 Å². The molecule has 2 atom stereocenters. The average molecular weight is 810 g/mol. The number of likely N-dealkylation sites (N-methyl/N-ethyl adjacent to an activating group) is 1. The number of unbranched alkanes of at least 4 members (excludes halogenated alkanes) is 18. The summed E-state index contributed by atoms with van der Waals surface area (Å²) in [6.45, 7) is 4.09. The van der Waals surface area contributed by atoms with E-state index in [0.29, 0.717) is 23.9 Å². The molecular formula is C46H84NO8P. The van der Waals surface area contributed by atoms with Crippen molar-refractivity contribution in [2.24, 2.45) is 0 Å². The van der Waals surface area contributed by atoms with E-state index in [9.17, 15) is 19.0 Å². The second-order valence-corrected chi connectivity index (χ2v) is 17.4. The molecule has 0 aliphatic carbocycles. The van der Waals surface area contributed by atoms with Gasteiger partial charge in [-0.3, -0.25) is 14.2 Å². The first-order valence-corrected chi connectivity index (χ1v) is 23.8. The Hall–Kier alpha value is -2.03. The van der Waals surface area contributed by atoms with Crippen molar-refractivity contribution in [2.45, 2.75) is 187 Å². The van der Waals surface area contributed by atoms with E-state index >= 15 is 0 Å². The minimum atomic E-state index is -4.63. The number of quaternary nitrogens is 1. The van der Waals surface area contributed by atoms with Crippen molar-refractivity contribution in [2.75, 3.05) is 47.5 Å². The number of rotatable bonds is 40. The van der Waals surface area contributed by atoms with E-state index in [1.54, 1.807) is 0 Å². The zero-order valence-electron chi connectivity index (χ0n) is 36.6. The molecule has 0 N–H and O–H groups in total. The summed E-state index contributed by atoms with van der Waals surface area (Å²) >= 11 is 0. The molecule has 0 aliphatic rings. The van der Waals surface area contributed by atoms with Crippen molar-refractivity contribution in [1.29, 1.82) is 0 Å². The van der Waals surface area contributed by atoms with Gasteiger partial charge in [0.15, 0.2) is 6.10 Å². The fraction of sp³-hybridized carbons (Fsp3) is 0.783. The quantitative estimate of drug-likeness (QED) is 0.0198. The van der Waals surface area contributed by atoms with Crippen LogP contribution in [-0.2, 0) is 32.7 Å². The van der Waals surface area contributed by atoms with Gasteiger partial charge in [0.05, 0.1) is 27.7 Å². The number of hydrogen-bond acceptors (Lipinski definition) is 8. The lowest BCUT2D eigenvalue weighted by Gasteiger charge is -2.28. The molecule has 0 rings (SSSR count). The molecule has 0 spiro atoms. The zero-order chi connectivity index (χ0) is 41.4. The van der Waals surface area contributed by atoms with Crippen molar-refractivity contribution in [3.63, 3.8) is 0 Å². The Kier molecular flexibility index (Phi) is 37.1. The molecule has 56 heavy (non-hydrogen) atoms. The topological polar surface area (TPSA) is 111 Å². The number of phosphoric acid groups is 1. The molecule has 0 aromatic rings. The fourth-order valence-electron chi connectivity index (χ4n) is 5.88. The second kappa shape index (κ2) is 38.5. The van der Waals surface area contributed by atoms with Crippen LogP contribution in [0.3, 0.4) is 0 Å². The highest BCUT2D eigenvalue weighted by Crippen LogP contribution is 2.38. The number of carbonyl (C=O) groups excluding carboxylic acids is 2. The third kappa shape index (κ3) is 41.6. The monoisotopic (exact) mass is 810 g/mol. The third-order valence-electron chi connectivity index (χ3n) is 9.36. The molecule has 326 valence electrons. The van der Waals surface area contributed by atoms with Crippen LogP contribution in [0.2, 0.25) is 0 Å². The Labute approximate surface area is 343 Å². The van der Waals surface area contributed by atoms with Gasteiger partial charge in [-0.15, -0.1) is 0 Å². The maximum absolute atomic E-state index is 12.7. The Morgan fingerprint density at radius 3 is 1.52 bits per heavy atom. The van der Waals surface area contributed by atoms with E-state index in [-0.39, 0.29) is 26.1 Å². The summed E-state index contributed by atoms with van der Waals surface area (Å²) < 4.78 is 33.9. The number of esters is 2. The first kappa shape index (κ1) is 54.0. The summed E-state index contributed by atoms with van der Waals surface area (Å²) in [4.78, 5) is 37.5. The minimum Gasteiger partial charge on any atom is -0.756 e. The molecule has 0 saturated carbocycles. The second-order valence-electron chi connectivity index (χ2n) is 16.0. The number of nitrogens with zero attached hydrogens (tertiary/aromatic N) is 1. The highest BCUT2D eigenvalue weighted by molar-refractivity contribution is 7.45. The summed E-state index contributed by atoms with van der Waals surface area (Å²) in [7, 11) is 1.15. The van der Waals surface area contributed by atoms with E-state index in [4.69, 9.17) is 18.5 Å². The highest BCUT2D eigenvalue weighted by atomic mass is 31.2. The van der Waals surface area contributed by atoms with Crippen LogP contribution in [0.25, 0.3) is 0 Å². The van der Waals surface area contributed by atoms with Gasteiger partial charge in [-0.1, -0.05) is 165 Å². The fourth-order valence-corrected chi connectivity index (χ4v) is 6.61. The van der Waals surface area contributed by atoms with E-state index in [1.165, 1.54) is 70.6 Å². The molecule has 10 heteroatoms. The summed E-state index contributed by atoms with van der Waals surface area (Å²) in [6.07, 6.45) is 44.2. The van der Waals surface area contributed by atoms with Gasteiger partial charge in [0.2, 0.25) is 0 Å². The lowest BCUT2D eigenvalue weighted by atomic mass is 10.0. The molecule has 0 aliphatic heterocycles. The minimum absolute atomic E-state index is 0.0354. The Balaban J connectivity index is 4.38. The average Bonchev–Trinajstić information content (AvgIpc) is 3.15. The van der Waals surface area contributed by atoms with Crippen LogP contribution in [0.15, 0.2) is 48.6 Å². The number of allylic oxidation sites excluding steroid dienone is 8. The van der Waals surface area contributed by atoms with Gasteiger partial charge in [0, 0.05) is 12.8 Å². The molecule has 0 aromatic heterocycles. The van der Waals surface area contributed by atoms with Crippen LogP contribution in [-0.4, -0.2) is 70.0 Å². The molecule has 0 heterocycles. The Bertz CT molecular complexity index is 1100. The normalized spacial score (nSPS) is 14.0. The Morgan fingerprint density at radius 2 is 1.02 bits per heavy atom. The molecule has 9 nitrogen and oxygen atoms in total.